The predicted octanol–water partition coefficient (Wildman–Crippen LogP) is -3.81. The maximum Gasteiger partial charge on any atom is 0.326 e. The summed E-state index contributed by atoms with van der Waals surface area (Å²) in [6, 6.07) is -3.97. The molecule has 1 rings (SSSR count). The van der Waals surface area contributed by atoms with Gasteiger partial charge in [0.05, 0.1) is 25.3 Å². The van der Waals surface area contributed by atoms with E-state index in [0.717, 1.165) is 0 Å². The minimum absolute atomic E-state index is 0.0813. The third kappa shape index (κ3) is 9.66. The minimum Gasteiger partial charge on any atom is -0.481 e. The normalized spacial score (nSPS) is 13.3. The van der Waals surface area contributed by atoms with Crippen LogP contribution in [0.2, 0.25) is 0 Å². The molecule has 1 heterocycles. The van der Waals surface area contributed by atoms with Crippen molar-refractivity contribution < 1.29 is 39.0 Å². The topological polar surface area (TPSA) is 260 Å². The Balaban J connectivity index is 2.68. The molecule has 15 nitrogen and oxygen atoms in total. The lowest BCUT2D eigenvalue weighted by Crippen LogP contribution is -2.54. The molecule has 15 heteroatoms. The molecule has 0 radical (unpaired) electrons. The Morgan fingerprint density at radius 1 is 1.06 bits per heavy atom. The second-order valence-corrected chi connectivity index (χ2v) is 6.73. The minimum atomic E-state index is -1.58. The van der Waals surface area contributed by atoms with Crippen LogP contribution in [-0.2, 0) is 35.2 Å². The van der Waals surface area contributed by atoms with Crippen molar-refractivity contribution in [2.45, 2.75) is 43.8 Å². The zero-order chi connectivity index (χ0) is 24.3. The van der Waals surface area contributed by atoms with Crippen LogP contribution in [0.15, 0.2) is 12.5 Å². The SMILES string of the molecule is NC(=O)CC(NC(=O)CNC(=O)C(CCC(=O)O)NC(=O)C(N)Cc1cnc[nH]1)C(=O)O. The van der Waals surface area contributed by atoms with E-state index in [9.17, 15) is 28.8 Å². The number of imidazole rings is 1. The summed E-state index contributed by atoms with van der Waals surface area (Å²) >= 11 is 0. The molecule has 3 unspecified atom stereocenters. The number of carbonyl (C=O) groups excluding carboxylic acids is 4. The highest BCUT2D eigenvalue weighted by Crippen LogP contribution is 2.02. The first-order valence-electron chi connectivity index (χ1n) is 9.32. The number of primary amides is 1. The van der Waals surface area contributed by atoms with Gasteiger partial charge in [0.2, 0.25) is 23.6 Å². The van der Waals surface area contributed by atoms with Crippen LogP contribution in [0.25, 0.3) is 0 Å². The quantitative estimate of drug-likeness (QED) is 0.135. The summed E-state index contributed by atoms with van der Waals surface area (Å²) in [7, 11) is 0. The lowest BCUT2D eigenvalue weighted by atomic mass is 10.1. The van der Waals surface area contributed by atoms with Gasteiger partial charge in [0.15, 0.2) is 0 Å². The van der Waals surface area contributed by atoms with E-state index in [-0.39, 0.29) is 12.8 Å². The van der Waals surface area contributed by atoms with Crippen molar-refractivity contribution in [3.8, 4) is 0 Å². The van der Waals surface area contributed by atoms with Gasteiger partial charge in [0, 0.05) is 24.7 Å². The number of aliphatic carboxylic acids is 2. The molecule has 4 amide bonds. The molecule has 0 saturated carbocycles. The highest BCUT2D eigenvalue weighted by molar-refractivity contribution is 5.93. The number of rotatable bonds is 14. The Bertz CT molecular complexity index is 842. The van der Waals surface area contributed by atoms with Crippen molar-refractivity contribution in [3.63, 3.8) is 0 Å². The largest absolute Gasteiger partial charge is 0.481 e. The van der Waals surface area contributed by atoms with Gasteiger partial charge in [-0.05, 0) is 6.42 Å². The Kier molecular flexibility index (Phi) is 10.3. The van der Waals surface area contributed by atoms with Crippen LogP contribution in [0.1, 0.15) is 25.0 Å². The van der Waals surface area contributed by atoms with E-state index in [4.69, 9.17) is 21.7 Å². The Hall–Kier alpha value is -4.01. The average molecular weight is 455 g/mol. The fraction of sp³-hybridized carbons (Fsp3) is 0.471. The van der Waals surface area contributed by atoms with E-state index in [1.807, 2.05) is 5.32 Å². The smallest absolute Gasteiger partial charge is 0.326 e. The van der Waals surface area contributed by atoms with Crippen LogP contribution in [0.4, 0.5) is 0 Å². The number of nitrogens with one attached hydrogen (secondary N) is 4. The van der Waals surface area contributed by atoms with Crippen molar-refractivity contribution in [3.05, 3.63) is 18.2 Å². The van der Waals surface area contributed by atoms with E-state index in [2.05, 4.69) is 20.6 Å². The summed E-state index contributed by atoms with van der Waals surface area (Å²) in [6.07, 6.45) is 1.54. The number of carbonyl (C=O) groups is 6. The van der Waals surface area contributed by atoms with Gasteiger partial charge in [-0.25, -0.2) is 9.78 Å². The van der Waals surface area contributed by atoms with Crippen molar-refractivity contribution in [2.75, 3.05) is 6.54 Å². The summed E-state index contributed by atoms with van der Waals surface area (Å²) < 4.78 is 0. The number of carboxylic acid groups (broad SMARTS) is 2. The molecule has 0 aliphatic rings. The number of amides is 4. The number of hydrogen-bond donors (Lipinski definition) is 8. The number of hydrogen-bond acceptors (Lipinski definition) is 8. The molecule has 0 spiro atoms. The molecule has 1 aromatic rings. The van der Waals surface area contributed by atoms with Crippen molar-refractivity contribution in [2.24, 2.45) is 11.5 Å². The number of aromatic amines is 1. The first kappa shape index (κ1) is 26.0. The molecule has 0 fully saturated rings. The van der Waals surface area contributed by atoms with Gasteiger partial charge < -0.3 is 42.6 Å². The molecular weight excluding hydrogens is 430 g/mol. The van der Waals surface area contributed by atoms with Crippen LogP contribution >= 0.6 is 0 Å². The number of H-pyrrole nitrogens is 1. The van der Waals surface area contributed by atoms with E-state index in [1.165, 1.54) is 12.5 Å². The molecule has 0 aliphatic heterocycles. The fourth-order valence-electron chi connectivity index (χ4n) is 2.48. The second-order valence-electron chi connectivity index (χ2n) is 6.73. The highest BCUT2D eigenvalue weighted by Gasteiger charge is 2.26. The lowest BCUT2D eigenvalue weighted by molar-refractivity contribution is -0.143. The molecule has 32 heavy (non-hydrogen) atoms. The molecule has 10 N–H and O–H groups in total. The first-order chi connectivity index (χ1) is 15.0. The summed E-state index contributed by atoms with van der Waals surface area (Å²) in [5, 5.41) is 24.3. The predicted molar refractivity (Wildman–Crippen MR) is 105 cm³/mol. The van der Waals surface area contributed by atoms with Gasteiger partial charge in [0.25, 0.3) is 0 Å². The summed E-state index contributed by atoms with van der Waals surface area (Å²) in [5.74, 6) is -6.23. The van der Waals surface area contributed by atoms with Crippen molar-refractivity contribution in [1.29, 1.82) is 0 Å². The van der Waals surface area contributed by atoms with Gasteiger partial charge in [-0.15, -0.1) is 0 Å². The molecule has 0 saturated heterocycles. The van der Waals surface area contributed by atoms with E-state index >= 15 is 0 Å². The van der Waals surface area contributed by atoms with E-state index < -0.39 is 73.1 Å². The third-order valence-corrected chi connectivity index (χ3v) is 4.07. The monoisotopic (exact) mass is 455 g/mol. The molecule has 1 aromatic heterocycles. The van der Waals surface area contributed by atoms with Crippen molar-refractivity contribution in [1.82, 2.24) is 25.9 Å². The Morgan fingerprint density at radius 3 is 2.28 bits per heavy atom. The van der Waals surface area contributed by atoms with Crippen LogP contribution in [0, 0.1) is 0 Å². The molecular formula is C17H25N7O8. The Labute approximate surface area is 181 Å². The number of nitrogens with two attached hydrogens (primary N) is 2. The fourth-order valence-corrected chi connectivity index (χ4v) is 2.48. The number of nitrogens with zero attached hydrogens (tertiary/aromatic N) is 1. The van der Waals surface area contributed by atoms with Gasteiger partial charge in [-0.2, -0.15) is 0 Å². The zero-order valence-corrected chi connectivity index (χ0v) is 16.9. The van der Waals surface area contributed by atoms with E-state index in [0.29, 0.717) is 5.69 Å². The average Bonchev–Trinajstić information content (AvgIpc) is 3.20. The van der Waals surface area contributed by atoms with Gasteiger partial charge in [-0.3, -0.25) is 24.0 Å². The summed E-state index contributed by atoms with van der Waals surface area (Å²) in [6.45, 7) is -0.693. The number of carboxylic acids is 2. The third-order valence-electron chi connectivity index (χ3n) is 4.07. The standard InChI is InChI=1S/C17H25N7O8/c18-9(3-8-5-20-7-22-8)15(29)24-10(1-2-14(27)28)16(30)21-6-13(26)23-11(17(31)32)4-12(19)25/h5,7,9-11H,1-4,6,18H2,(H2,19,25)(H,20,22)(H,21,30)(H,23,26)(H,24,29)(H,27,28)(H,31,32). The number of aromatic nitrogens is 2. The highest BCUT2D eigenvalue weighted by atomic mass is 16.4. The van der Waals surface area contributed by atoms with E-state index in [1.54, 1.807) is 0 Å². The van der Waals surface area contributed by atoms with Gasteiger partial charge >= 0.3 is 11.9 Å². The van der Waals surface area contributed by atoms with Gasteiger partial charge in [0.1, 0.15) is 12.1 Å². The van der Waals surface area contributed by atoms with Crippen LogP contribution in [0.3, 0.4) is 0 Å². The first-order valence-corrected chi connectivity index (χ1v) is 9.32. The zero-order valence-electron chi connectivity index (χ0n) is 16.9. The van der Waals surface area contributed by atoms with Crippen LogP contribution in [0.5, 0.6) is 0 Å². The molecule has 0 aliphatic carbocycles. The van der Waals surface area contributed by atoms with Crippen molar-refractivity contribution >= 4 is 35.6 Å². The molecule has 0 aromatic carbocycles. The maximum absolute atomic E-state index is 12.4. The summed E-state index contributed by atoms with van der Waals surface area (Å²) in [4.78, 5) is 75.9. The molecule has 0 bridgehead atoms. The van der Waals surface area contributed by atoms with Gasteiger partial charge in [-0.1, -0.05) is 0 Å². The lowest BCUT2D eigenvalue weighted by Gasteiger charge is -2.20. The molecule has 3 atom stereocenters. The summed E-state index contributed by atoms with van der Waals surface area (Å²) in [5.41, 5.74) is 11.3. The molecule has 176 valence electrons. The second kappa shape index (κ2) is 12.6. The maximum atomic E-state index is 12.4. The van der Waals surface area contributed by atoms with Crippen LogP contribution < -0.4 is 27.4 Å². The van der Waals surface area contributed by atoms with Crippen LogP contribution in [-0.4, -0.2) is 80.4 Å². The Morgan fingerprint density at radius 2 is 1.75 bits per heavy atom.